The van der Waals surface area contributed by atoms with Gasteiger partial charge in [-0.15, -0.1) is 0 Å². The summed E-state index contributed by atoms with van der Waals surface area (Å²) in [5.41, 5.74) is 9.50. The van der Waals surface area contributed by atoms with Gasteiger partial charge in [0.15, 0.2) is 0 Å². The molecule has 0 aliphatic heterocycles. The topological polar surface area (TPSA) is 29.3 Å². The Morgan fingerprint density at radius 2 is 2.00 bits per heavy atom. The lowest BCUT2D eigenvalue weighted by Crippen LogP contribution is -2.12. The van der Waals surface area contributed by atoms with E-state index < -0.39 is 0 Å². The van der Waals surface area contributed by atoms with Crippen LogP contribution < -0.4 is 5.73 Å². The van der Waals surface area contributed by atoms with Gasteiger partial charge in [0.05, 0.1) is 0 Å². The fourth-order valence-corrected chi connectivity index (χ4v) is 1.67. The molecule has 0 aliphatic rings. The fraction of sp³-hybridized carbons (Fsp3) is 0.538. The van der Waals surface area contributed by atoms with Crippen LogP contribution in [0.4, 0.5) is 5.69 Å². The molecule has 0 unspecified atom stereocenters. The summed E-state index contributed by atoms with van der Waals surface area (Å²) in [7, 11) is 4.14. The monoisotopic (exact) mass is 206 g/mol. The van der Waals surface area contributed by atoms with Crippen molar-refractivity contribution in [2.24, 2.45) is 0 Å². The molecule has 1 aromatic carbocycles. The van der Waals surface area contributed by atoms with Crippen LogP contribution in [0.15, 0.2) is 18.2 Å². The molecule has 1 rings (SSSR count). The van der Waals surface area contributed by atoms with Crippen LogP contribution in [-0.2, 0) is 13.0 Å². The lowest BCUT2D eigenvalue weighted by molar-refractivity contribution is 0.403. The number of hydrogen-bond donors (Lipinski definition) is 1. The molecule has 0 heterocycles. The molecule has 15 heavy (non-hydrogen) atoms. The van der Waals surface area contributed by atoms with Crippen LogP contribution in [0, 0.1) is 0 Å². The first-order valence-corrected chi connectivity index (χ1v) is 5.65. The van der Waals surface area contributed by atoms with E-state index in [1.54, 1.807) is 0 Å². The van der Waals surface area contributed by atoms with E-state index in [-0.39, 0.29) is 0 Å². The number of aryl methyl sites for hydroxylation is 1. The van der Waals surface area contributed by atoms with Crippen LogP contribution in [0.3, 0.4) is 0 Å². The maximum atomic E-state index is 5.94. The predicted molar refractivity (Wildman–Crippen MR) is 66.9 cm³/mol. The summed E-state index contributed by atoms with van der Waals surface area (Å²) in [5, 5.41) is 0. The second-order valence-corrected chi connectivity index (χ2v) is 4.37. The molecule has 0 fully saturated rings. The zero-order valence-electron chi connectivity index (χ0n) is 10.1. The Hall–Kier alpha value is -1.02. The quantitative estimate of drug-likeness (QED) is 0.750. The largest absolute Gasteiger partial charge is 0.398 e. The van der Waals surface area contributed by atoms with E-state index in [1.165, 1.54) is 24.0 Å². The van der Waals surface area contributed by atoms with Crippen molar-refractivity contribution in [3.05, 3.63) is 29.3 Å². The van der Waals surface area contributed by atoms with E-state index >= 15 is 0 Å². The first-order chi connectivity index (χ1) is 7.13. The van der Waals surface area contributed by atoms with Gasteiger partial charge in [0, 0.05) is 12.2 Å². The van der Waals surface area contributed by atoms with Crippen molar-refractivity contribution < 1.29 is 0 Å². The zero-order valence-corrected chi connectivity index (χ0v) is 10.1. The molecule has 0 aromatic heterocycles. The summed E-state index contributed by atoms with van der Waals surface area (Å²) >= 11 is 0. The Morgan fingerprint density at radius 3 is 2.60 bits per heavy atom. The number of nitrogens with zero attached hydrogens (tertiary/aromatic N) is 1. The average molecular weight is 206 g/mol. The van der Waals surface area contributed by atoms with Crippen LogP contribution >= 0.6 is 0 Å². The average Bonchev–Trinajstić information content (AvgIpc) is 2.18. The molecule has 0 radical (unpaired) electrons. The number of nitrogens with two attached hydrogens (primary N) is 1. The molecule has 0 bridgehead atoms. The van der Waals surface area contributed by atoms with E-state index in [9.17, 15) is 0 Å². The molecular weight excluding hydrogens is 184 g/mol. The van der Waals surface area contributed by atoms with Gasteiger partial charge in [-0.25, -0.2) is 0 Å². The molecule has 2 nitrogen and oxygen atoms in total. The summed E-state index contributed by atoms with van der Waals surface area (Å²) in [6.07, 6.45) is 3.66. The van der Waals surface area contributed by atoms with Crippen molar-refractivity contribution in [3.63, 3.8) is 0 Å². The molecule has 2 heteroatoms. The highest BCUT2D eigenvalue weighted by molar-refractivity contribution is 5.48. The van der Waals surface area contributed by atoms with Gasteiger partial charge in [-0.3, -0.25) is 0 Å². The molecule has 84 valence electrons. The first kappa shape index (κ1) is 12.1. The Bertz CT molecular complexity index is 305. The number of nitrogen functional groups attached to an aromatic ring is 1. The third-order valence-electron chi connectivity index (χ3n) is 2.51. The molecule has 0 atom stereocenters. The predicted octanol–water partition coefficient (Wildman–Crippen LogP) is 2.67. The number of rotatable bonds is 5. The van der Waals surface area contributed by atoms with Crippen LogP contribution in [0.25, 0.3) is 0 Å². The second kappa shape index (κ2) is 5.76. The molecule has 0 amide bonds. The fourth-order valence-electron chi connectivity index (χ4n) is 1.67. The highest BCUT2D eigenvalue weighted by atomic mass is 15.0. The minimum atomic E-state index is 0.906. The first-order valence-electron chi connectivity index (χ1n) is 5.65. The van der Waals surface area contributed by atoms with Crippen LogP contribution in [-0.4, -0.2) is 19.0 Å². The lowest BCUT2D eigenvalue weighted by Gasteiger charge is -2.13. The van der Waals surface area contributed by atoms with Crippen LogP contribution in [0.1, 0.15) is 30.9 Å². The highest BCUT2D eigenvalue weighted by Crippen LogP contribution is 2.17. The maximum absolute atomic E-state index is 5.94. The van der Waals surface area contributed by atoms with Crippen molar-refractivity contribution in [1.29, 1.82) is 0 Å². The van der Waals surface area contributed by atoms with Crippen molar-refractivity contribution in [1.82, 2.24) is 4.90 Å². The maximum Gasteiger partial charge on any atom is 0.0359 e. The van der Waals surface area contributed by atoms with E-state index in [0.29, 0.717) is 0 Å². The zero-order chi connectivity index (χ0) is 11.3. The number of hydrogen-bond acceptors (Lipinski definition) is 2. The SMILES string of the molecule is CCCCc1ccc(N)c(CN(C)C)c1. The molecule has 0 aliphatic carbocycles. The molecule has 1 aromatic rings. The van der Waals surface area contributed by atoms with Crippen LogP contribution in [0.2, 0.25) is 0 Å². The summed E-state index contributed by atoms with van der Waals surface area (Å²) < 4.78 is 0. The minimum Gasteiger partial charge on any atom is -0.398 e. The van der Waals surface area contributed by atoms with Crippen molar-refractivity contribution in [3.8, 4) is 0 Å². The summed E-state index contributed by atoms with van der Waals surface area (Å²) in [5.74, 6) is 0. The van der Waals surface area contributed by atoms with Crippen molar-refractivity contribution >= 4 is 5.69 Å². The van der Waals surface area contributed by atoms with Gasteiger partial charge in [0.2, 0.25) is 0 Å². The Morgan fingerprint density at radius 1 is 1.27 bits per heavy atom. The standard InChI is InChI=1S/C13H22N2/c1-4-5-6-11-7-8-13(14)12(9-11)10-15(2)3/h7-9H,4-6,10,14H2,1-3H3. The number of benzene rings is 1. The number of anilines is 1. The summed E-state index contributed by atoms with van der Waals surface area (Å²) in [4.78, 5) is 2.15. The van der Waals surface area contributed by atoms with Gasteiger partial charge < -0.3 is 10.6 Å². The lowest BCUT2D eigenvalue weighted by atomic mass is 10.0. The Balaban J connectivity index is 2.75. The summed E-state index contributed by atoms with van der Waals surface area (Å²) in [6, 6.07) is 6.42. The second-order valence-electron chi connectivity index (χ2n) is 4.37. The Kier molecular flexibility index (Phi) is 4.63. The van der Waals surface area contributed by atoms with Gasteiger partial charge in [-0.1, -0.05) is 25.5 Å². The summed E-state index contributed by atoms with van der Waals surface area (Å²) in [6.45, 7) is 3.14. The normalized spacial score (nSPS) is 10.9. The molecule has 0 saturated heterocycles. The van der Waals surface area contributed by atoms with E-state index in [2.05, 4.69) is 38.1 Å². The van der Waals surface area contributed by atoms with Crippen LogP contribution in [0.5, 0.6) is 0 Å². The smallest absolute Gasteiger partial charge is 0.0359 e. The van der Waals surface area contributed by atoms with E-state index in [0.717, 1.165) is 18.7 Å². The third-order valence-corrected chi connectivity index (χ3v) is 2.51. The van der Waals surface area contributed by atoms with Gasteiger partial charge in [-0.05, 0) is 44.1 Å². The third kappa shape index (κ3) is 3.92. The molecule has 2 N–H and O–H groups in total. The number of unbranched alkanes of at least 4 members (excludes halogenated alkanes) is 1. The molecule has 0 saturated carbocycles. The van der Waals surface area contributed by atoms with E-state index in [4.69, 9.17) is 5.73 Å². The van der Waals surface area contributed by atoms with Crippen molar-refractivity contribution in [2.45, 2.75) is 32.7 Å². The van der Waals surface area contributed by atoms with Crippen molar-refractivity contribution in [2.75, 3.05) is 19.8 Å². The Labute approximate surface area is 93.1 Å². The molecular formula is C13H22N2. The molecule has 0 spiro atoms. The highest BCUT2D eigenvalue weighted by Gasteiger charge is 2.02. The van der Waals surface area contributed by atoms with Gasteiger partial charge in [0.1, 0.15) is 0 Å². The minimum absolute atomic E-state index is 0.906. The van der Waals surface area contributed by atoms with Gasteiger partial charge >= 0.3 is 0 Å². The van der Waals surface area contributed by atoms with Gasteiger partial charge in [-0.2, -0.15) is 0 Å². The van der Waals surface area contributed by atoms with E-state index in [1.807, 2.05) is 6.07 Å². The van der Waals surface area contributed by atoms with Gasteiger partial charge in [0.25, 0.3) is 0 Å².